The van der Waals surface area contributed by atoms with Crippen LogP contribution in [0.3, 0.4) is 0 Å². The van der Waals surface area contributed by atoms with E-state index in [1.165, 1.54) is 55.4 Å². The summed E-state index contributed by atoms with van der Waals surface area (Å²) < 4.78 is 0. The van der Waals surface area contributed by atoms with Crippen molar-refractivity contribution in [2.45, 2.75) is 12.8 Å². The van der Waals surface area contributed by atoms with E-state index in [-0.39, 0.29) is 0 Å². The van der Waals surface area contributed by atoms with E-state index in [1.807, 2.05) is 0 Å². The van der Waals surface area contributed by atoms with Crippen LogP contribution in [-0.4, -0.2) is 0 Å². The Bertz CT molecular complexity index is 2180. The molecule has 0 radical (unpaired) electrons. The molecule has 0 fully saturated rings. The van der Waals surface area contributed by atoms with E-state index >= 15 is 0 Å². The van der Waals surface area contributed by atoms with E-state index in [0.717, 1.165) is 24.2 Å². The maximum absolute atomic E-state index is 2.43. The van der Waals surface area contributed by atoms with Crippen molar-refractivity contribution in [1.82, 2.24) is 0 Å². The first-order valence-corrected chi connectivity index (χ1v) is 16.0. The monoisotopic (exact) mass is 590 g/mol. The third kappa shape index (κ3) is 5.25. The van der Waals surface area contributed by atoms with Crippen molar-refractivity contribution in [2.75, 3.05) is 9.80 Å². The molecule has 0 spiro atoms. The van der Waals surface area contributed by atoms with Gasteiger partial charge in [-0.05, 0) is 89.3 Å². The molecule has 8 rings (SSSR count). The van der Waals surface area contributed by atoms with Crippen LogP contribution in [0, 0.1) is 0 Å². The van der Waals surface area contributed by atoms with Gasteiger partial charge in [-0.15, -0.1) is 0 Å². The highest BCUT2D eigenvalue weighted by atomic mass is 15.2. The average molecular weight is 591 g/mol. The highest BCUT2D eigenvalue weighted by Gasteiger charge is 2.18. The first kappa shape index (κ1) is 27.7. The van der Waals surface area contributed by atoms with E-state index < -0.39 is 0 Å². The molecule has 0 saturated carbocycles. The molecule has 0 unspecified atom stereocenters. The standard InChI is InChI=1S/C44H34N2/c1-3-17-37(18-4-1)45(43-23-11-15-35-13-7-9-21-41(35)43)39-29-25-33(26-30-39)34-27-31-40(32-28-34)46(38-19-5-2-6-20-38)44-24-12-16-36-14-8-10-22-42(36)44/h1-5,7-19,21-32H,6,20H2. The zero-order valence-corrected chi connectivity index (χ0v) is 25.6. The summed E-state index contributed by atoms with van der Waals surface area (Å²) in [7, 11) is 0. The van der Waals surface area contributed by atoms with Gasteiger partial charge in [0.2, 0.25) is 0 Å². The average Bonchev–Trinajstić information content (AvgIpc) is 3.14. The number of fused-ring (bicyclic) bond motifs is 2. The third-order valence-corrected chi connectivity index (χ3v) is 8.89. The second-order valence-corrected chi connectivity index (χ2v) is 11.7. The summed E-state index contributed by atoms with van der Waals surface area (Å²) in [5.74, 6) is 0. The first-order chi connectivity index (χ1) is 22.8. The number of anilines is 5. The molecule has 0 bridgehead atoms. The van der Waals surface area contributed by atoms with Crippen LogP contribution < -0.4 is 9.80 Å². The fraction of sp³-hybridized carbons (Fsp3) is 0.0455. The lowest BCUT2D eigenvalue weighted by molar-refractivity contribution is 0.919. The fourth-order valence-electron chi connectivity index (χ4n) is 6.65. The predicted octanol–water partition coefficient (Wildman–Crippen LogP) is 12.5. The van der Waals surface area contributed by atoms with E-state index in [4.69, 9.17) is 0 Å². The van der Waals surface area contributed by atoms with Gasteiger partial charge in [-0.1, -0.05) is 127 Å². The van der Waals surface area contributed by atoms with E-state index in [2.05, 4.69) is 192 Å². The second-order valence-electron chi connectivity index (χ2n) is 11.7. The molecule has 7 aromatic rings. The lowest BCUT2D eigenvalue weighted by Gasteiger charge is -2.30. The number of rotatable bonds is 7. The molecule has 0 aliphatic heterocycles. The number of nitrogens with zero attached hydrogens (tertiary/aromatic N) is 2. The maximum Gasteiger partial charge on any atom is 0.0540 e. The van der Waals surface area contributed by atoms with Gasteiger partial charge in [0.15, 0.2) is 0 Å². The van der Waals surface area contributed by atoms with Gasteiger partial charge in [-0.2, -0.15) is 0 Å². The van der Waals surface area contributed by atoms with E-state index in [0.29, 0.717) is 0 Å². The van der Waals surface area contributed by atoms with Crippen LogP contribution in [0.25, 0.3) is 32.7 Å². The van der Waals surface area contributed by atoms with Crippen LogP contribution in [0.15, 0.2) is 188 Å². The smallest absolute Gasteiger partial charge is 0.0540 e. The molecular formula is C44H34N2. The minimum absolute atomic E-state index is 1.01. The van der Waals surface area contributed by atoms with Crippen molar-refractivity contribution in [3.63, 3.8) is 0 Å². The van der Waals surface area contributed by atoms with Crippen LogP contribution >= 0.6 is 0 Å². The molecule has 0 aromatic heterocycles. The molecule has 46 heavy (non-hydrogen) atoms. The summed E-state index contributed by atoms with van der Waals surface area (Å²) in [5, 5.41) is 4.97. The van der Waals surface area contributed by atoms with Gasteiger partial charge in [-0.25, -0.2) is 0 Å². The Morgan fingerprint density at radius 3 is 1.43 bits per heavy atom. The second kappa shape index (κ2) is 12.3. The van der Waals surface area contributed by atoms with Crippen molar-refractivity contribution in [1.29, 1.82) is 0 Å². The SMILES string of the molecule is C1=CCCC(N(c2ccc(-c3ccc(N(c4ccccc4)c4cccc5ccccc45)cc3)cc2)c2cccc3ccccc23)=C1. The molecule has 1 aliphatic carbocycles. The minimum atomic E-state index is 1.01. The number of hydrogen-bond donors (Lipinski definition) is 0. The quantitative estimate of drug-likeness (QED) is 0.182. The Morgan fingerprint density at radius 1 is 0.391 bits per heavy atom. The number of para-hydroxylation sites is 1. The van der Waals surface area contributed by atoms with Crippen LogP contribution in [0.1, 0.15) is 12.8 Å². The third-order valence-electron chi connectivity index (χ3n) is 8.89. The van der Waals surface area contributed by atoms with Crippen LogP contribution in [0.2, 0.25) is 0 Å². The summed E-state index contributed by atoms with van der Waals surface area (Å²) in [6, 6.07) is 59.0. The number of benzene rings is 7. The summed E-state index contributed by atoms with van der Waals surface area (Å²) in [6.07, 6.45) is 8.75. The molecular weight excluding hydrogens is 556 g/mol. The molecule has 0 N–H and O–H groups in total. The molecule has 0 saturated heterocycles. The van der Waals surface area contributed by atoms with Crippen molar-refractivity contribution >= 4 is 50.0 Å². The van der Waals surface area contributed by atoms with Gasteiger partial charge in [0.25, 0.3) is 0 Å². The minimum Gasteiger partial charge on any atom is -0.314 e. The van der Waals surface area contributed by atoms with Crippen molar-refractivity contribution in [2.24, 2.45) is 0 Å². The van der Waals surface area contributed by atoms with Crippen LogP contribution in [0.5, 0.6) is 0 Å². The van der Waals surface area contributed by atoms with E-state index in [9.17, 15) is 0 Å². The maximum atomic E-state index is 2.43. The Labute approximate surface area is 270 Å². The molecule has 220 valence electrons. The van der Waals surface area contributed by atoms with Gasteiger partial charge < -0.3 is 9.80 Å². The van der Waals surface area contributed by atoms with Gasteiger partial charge in [0.05, 0.1) is 11.4 Å². The lowest BCUT2D eigenvalue weighted by atomic mass is 10.0. The van der Waals surface area contributed by atoms with Gasteiger partial charge in [0.1, 0.15) is 0 Å². The van der Waals surface area contributed by atoms with Crippen molar-refractivity contribution in [3.05, 3.63) is 188 Å². The summed E-state index contributed by atoms with van der Waals surface area (Å²) >= 11 is 0. The molecule has 0 atom stereocenters. The van der Waals surface area contributed by atoms with Crippen molar-refractivity contribution in [3.8, 4) is 11.1 Å². The molecule has 0 heterocycles. The molecule has 2 nitrogen and oxygen atoms in total. The van der Waals surface area contributed by atoms with Gasteiger partial charge >= 0.3 is 0 Å². The lowest BCUT2D eigenvalue weighted by Crippen LogP contribution is -2.17. The van der Waals surface area contributed by atoms with Gasteiger partial charge in [-0.3, -0.25) is 0 Å². The highest BCUT2D eigenvalue weighted by molar-refractivity contribution is 5.99. The predicted molar refractivity (Wildman–Crippen MR) is 197 cm³/mol. The highest BCUT2D eigenvalue weighted by Crippen LogP contribution is 2.41. The van der Waals surface area contributed by atoms with E-state index in [1.54, 1.807) is 0 Å². The molecule has 7 aromatic carbocycles. The van der Waals surface area contributed by atoms with Crippen molar-refractivity contribution < 1.29 is 0 Å². The topological polar surface area (TPSA) is 6.48 Å². The van der Waals surface area contributed by atoms with Crippen LogP contribution in [-0.2, 0) is 0 Å². The van der Waals surface area contributed by atoms with Crippen LogP contribution in [0.4, 0.5) is 28.4 Å². The van der Waals surface area contributed by atoms with Gasteiger partial charge in [0, 0.05) is 33.5 Å². The molecule has 0 amide bonds. The largest absolute Gasteiger partial charge is 0.314 e. The zero-order valence-electron chi connectivity index (χ0n) is 25.6. The Hall–Kier alpha value is -5.86. The fourth-order valence-corrected chi connectivity index (χ4v) is 6.65. The Kier molecular flexibility index (Phi) is 7.38. The zero-order chi connectivity index (χ0) is 30.7. The summed E-state index contributed by atoms with van der Waals surface area (Å²) in [4.78, 5) is 4.78. The Balaban J connectivity index is 1.15. The number of allylic oxidation sites excluding steroid dienone is 4. The number of hydrogen-bond acceptors (Lipinski definition) is 2. The summed E-state index contributed by atoms with van der Waals surface area (Å²) in [5.41, 5.74) is 9.52. The molecule has 1 aliphatic rings. The normalized spacial score (nSPS) is 12.7. The molecule has 2 heteroatoms. The summed E-state index contributed by atoms with van der Waals surface area (Å²) in [6.45, 7) is 0. The first-order valence-electron chi connectivity index (χ1n) is 16.0. The Morgan fingerprint density at radius 2 is 0.870 bits per heavy atom.